The van der Waals surface area contributed by atoms with Gasteiger partial charge in [0.05, 0.1) is 0 Å². The van der Waals surface area contributed by atoms with Crippen LogP contribution in [-0.4, -0.2) is 41.5 Å². The van der Waals surface area contributed by atoms with E-state index in [1.165, 1.54) is 25.9 Å². The first-order valence-corrected chi connectivity index (χ1v) is 6.38. The molecular weight excluding hydrogens is 212 g/mol. The van der Waals surface area contributed by atoms with Gasteiger partial charge in [-0.25, -0.2) is 9.97 Å². The molecule has 0 radical (unpaired) electrons. The van der Waals surface area contributed by atoms with E-state index in [0.29, 0.717) is 0 Å². The molecule has 2 heterocycles. The molecule has 1 aliphatic heterocycles. The molecule has 2 rings (SSSR count). The van der Waals surface area contributed by atoms with E-state index < -0.39 is 0 Å². The van der Waals surface area contributed by atoms with Crippen molar-refractivity contribution in [3.8, 4) is 0 Å². The minimum atomic E-state index is 0.779. The van der Waals surface area contributed by atoms with Crippen LogP contribution in [0.4, 0.5) is 5.82 Å². The van der Waals surface area contributed by atoms with Gasteiger partial charge in [-0.05, 0) is 52.7 Å². The van der Waals surface area contributed by atoms with Crippen LogP contribution in [-0.2, 0) is 0 Å². The third-order valence-electron chi connectivity index (χ3n) is 3.38. The van der Waals surface area contributed by atoms with Crippen molar-refractivity contribution in [1.29, 1.82) is 0 Å². The summed E-state index contributed by atoms with van der Waals surface area (Å²) in [5, 5.41) is 3.44. The number of anilines is 1. The zero-order valence-electron chi connectivity index (χ0n) is 11.0. The molecule has 0 bridgehead atoms. The summed E-state index contributed by atoms with van der Waals surface area (Å²) in [5.74, 6) is 2.59. The number of nitrogens with one attached hydrogen (secondary N) is 1. The van der Waals surface area contributed by atoms with Gasteiger partial charge >= 0.3 is 0 Å². The number of hydrogen-bond donors (Lipinski definition) is 1. The van der Waals surface area contributed by atoms with Gasteiger partial charge in [-0.3, -0.25) is 0 Å². The van der Waals surface area contributed by atoms with E-state index in [1.807, 2.05) is 19.9 Å². The van der Waals surface area contributed by atoms with Crippen molar-refractivity contribution in [1.82, 2.24) is 14.9 Å². The Bertz CT molecular complexity index is 349. The van der Waals surface area contributed by atoms with Crippen LogP contribution in [0.1, 0.15) is 24.4 Å². The summed E-state index contributed by atoms with van der Waals surface area (Å²) in [7, 11) is 2.20. The molecule has 0 amide bonds. The molecule has 0 atom stereocenters. The van der Waals surface area contributed by atoms with Gasteiger partial charge in [0.25, 0.3) is 0 Å². The fraction of sp³-hybridized carbons (Fsp3) is 0.692. The molecule has 4 heteroatoms. The summed E-state index contributed by atoms with van der Waals surface area (Å²) in [6, 6.07) is 2.02. The Kier molecular flexibility index (Phi) is 3.94. The quantitative estimate of drug-likeness (QED) is 0.866. The van der Waals surface area contributed by atoms with Gasteiger partial charge in [0.15, 0.2) is 0 Å². The van der Waals surface area contributed by atoms with E-state index in [9.17, 15) is 0 Å². The molecule has 0 aliphatic carbocycles. The number of aryl methyl sites for hydroxylation is 2. The Balaban J connectivity index is 1.85. The molecule has 1 aromatic rings. The molecule has 1 aliphatic rings. The van der Waals surface area contributed by atoms with Gasteiger partial charge in [-0.15, -0.1) is 0 Å². The lowest BCUT2D eigenvalue weighted by Gasteiger charge is -2.29. The third-order valence-corrected chi connectivity index (χ3v) is 3.38. The van der Waals surface area contributed by atoms with E-state index in [2.05, 4.69) is 27.2 Å². The summed E-state index contributed by atoms with van der Waals surface area (Å²) in [4.78, 5) is 11.1. The van der Waals surface area contributed by atoms with Gasteiger partial charge in [-0.1, -0.05) is 0 Å². The van der Waals surface area contributed by atoms with Crippen molar-refractivity contribution in [2.24, 2.45) is 5.92 Å². The van der Waals surface area contributed by atoms with Gasteiger partial charge < -0.3 is 10.2 Å². The SMILES string of the molecule is Cc1cc(NCC2CCN(C)CC2)nc(C)n1. The van der Waals surface area contributed by atoms with Crippen LogP contribution in [0.3, 0.4) is 0 Å². The molecule has 1 saturated heterocycles. The van der Waals surface area contributed by atoms with Gasteiger partial charge in [-0.2, -0.15) is 0 Å². The van der Waals surface area contributed by atoms with Crippen LogP contribution in [0.5, 0.6) is 0 Å². The summed E-state index contributed by atoms with van der Waals surface area (Å²) < 4.78 is 0. The highest BCUT2D eigenvalue weighted by Crippen LogP contribution is 2.16. The van der Waals surface area contributed by atoms with Crippen LogP contribution in [0, 0.1) is 19.8 Å². The fourth-order valence-electron chi connectivity index (χ4n) is 2.32. The normalized spacial score (nSPS) is 18.3. The number of aromatic nitrogens is 2. The highest BCUT2D eigenvalue weighted by Gasteiger charge is 2.16. The number of rotatable bonds is 3. The van der Waals surface area contributed by atoms with Gasteiger partial charge in [0, 0.05) is 18.3 Å². The van der Waals surface area contributed by atoms with E-state index in [1.54, 1.807) is 0 Å². The van der Waals surface area contributed by atoms with Crippen molar-refractivity contribution in [2.75, 3.05) is 32.0 Å². The molecule has 1 fully saturated rings. The van der Waals surface area contributed by atoms with E-state index in [-0.39, 0.29) is 0 Å². The second kappa shape index (κ2) is 5.45. The van der Waals surface area contributed by atoms with E-state index in [0.717, 1.165) is 29.8 Å². The average molecular weight is 234 g/mol. The summed E-state index contributed by atoms with van der Waals surface area (Å²) in [5.41, 5.74) is 1.03. The molecule has 94 valence electrons. The Hall–Kier alpha value is -1.16. The first-order valence-electron chi connectivity index (χ1n) is 6.38. The smallest absolute Gasteiger partial charge is 0.129 e. The molecule has 1 aromatic heterocycles. The maximum Gasteiger partial charge on any atom is 0.129 e. The van der Waals surface area contributed by atoms with Crippen LogP contribution >= 0.6 is 0 Å². The first-order chi connectivity index (χ1) is 8.13. The molecule has 17 heavy (non-hydrogen) atoms. The minimum Gasteiger partial charge on any atom is -0.370 e. The second-order valence-electron chi connectivity index (χ2n) is 5.07. The number of nitrogens with zero attached hydrogens (tertiary/aromatic N) is 3. The first kappa shape index (κ1) is 12.3. The Morgan fingerprint density at radius 2 is 2.00 bits per heavy atom. The van der Waals surface area contributed by atoms with Crippen molar-refractivity contribution in [3.63, 3.8) is 0 Å². The maximum atomic E-state index is 4.40. The number of likely N-dealkylation sites (tertiary alicyclic amines) is 1. The molecule has 4 nitrogen and oxygen atoms in total. The van der Waals surface area contributed by atoms with Crippen LogP contribution in [0.25, 0.3) is 0 Å². The van der Waals surface area contributed by atoms with Crippen LogP contribution in [0.15, 0.2) is 6.07 Å². The Morgan fingerprint density at radius 1 is 1.29 bits per heavy atom. The maximum absolute atomic E-state index is 4.40. The van der Waals surface area contributed by atoms with Gasteiger partial charge in [0.2, 0.25) is 0 Å². The van der Waals surface area contributed by atoms with Crippen molar-refractivity contribution < 1.29 is 0 Å². The lowest BCUT2D eigenvalue weighted by atomic mass is 9.97. The lowest BCUT2D eigenvalue weighted by Crippen LogP contribution is -2.33. The van der Waals surface area contributed by atoms with E-state index >= 15 is 0 Å². The highest BCUT2D eigenvalue weighted by molar-refractivity contribution is 5.35. The Morgan fingerprint density at radius 3 is 2.65 bits per heavy atom. The third kappa shape index (κ3) is 3.66. The fourth-order valence-corrected chi connectivity index (χ4v) is 2.32. The molecule has 0 spiro atoms. The number of hydrogen-bond acceptors (Lipinski definition) is 4. The molecule has 1 N–H and O–H groups in total. The van der Waals surface area contributed by atoms with Crippen molar-refractivity contribution in [3.05, 3.63) is 17.6 Å². The van der Waals surface area contributed by atoms with Crippen molar-refractivity contribution in [2.45, 2.75) is 26.7 Å². The average Bonchev–Trinajstić information content (AvgIpc) is 2.27. The molecule has 0 unspecified atom stereocenters. The topological polar surface area (TPSA) is 41.0 Å². The standard InChI is InChI=1S/C13H22N4/c1-10-8-13(16-11(2)15-10)14-9-12-4-6-17(3)7-5-12/h8,12H,4-7,9H2,1-3H3,(H,14,15,16). The molecular formula is C13H22N4. The summed E-state index contributed by atoms with van der Waals surface area (Å²) in [6.07, 6.45) is 2.57. The zero-order chi connectivity index (χ0) is 12.3. The summed E-state index contributed by atoms with van der Waals surface area (Å²) in [6.45, 7) is 7.41. The molecule has 0 saturated carbocycles. The number of piperidine rings is 1. The van der Waals surface area contributed by atoms with Gasteiger partial charge in [0.1, 0.15) is 11.6 Å². The van der Waals surface area contributed by atoms with Crippen LogP contribution in [0.2, 0.25) is 0 Å². The van der Waals surface area contributed by atoms with Crippen LogP contribution < -0.4 is 5.32 Å². The Labute approximate surface area is 103 Å². The lowest BCUT2D eigenvalue weighted by molar-refractivity contribution is 0.226. The monoisotopic (exact) mass is 234 g/mol. The second-order valence-corrected chi connectivity index (χ2v) is 5.07. The minimum absolute atomic E-state index is 0.779. The largest absolute Gasteiger partial charge is 0.370 e. The van der Waals surface area contributed by atoms with E-state index in [4.69, 9.17) is 0 Å². The van der Waals surface area contributed by atoms with Crippen molar-refractivity contribution >= 4 is 5.82 Å². The highest BCUT2D eigenvalue weighted by atomic mass is 15.1. The predicted molar refractivity (Wildman–Crippen MR) is 70.2 cm³/mol. The zero-order valence-corrected chi connectivity index (χ0v) is 11.0. The summed E-state index contributed by atoms with van der Waals surface area (Å²) >= 11 is 0. The predicted octanol–water partition coefficient (Wildman–Crippen LogP) is 1.85. The molecule has 0 aromatic carbocycles.